The number of piperazine rings is 1. The molecule has 1 aliphatic rings. The highest BCUT2D eigenvalue weighted by Crippen LogP contribution is 2.21. The second-order valence-electron chi connectivity index (χ2n) is 5.58. The molecule has 6 heteroatoms. The van der Waals surface area contributed by atoms with Crippen LogP contribution in [0.5, 0.6) is 0 Å². The summed E-state index contributed by atoms with van der Waals surface area (Å²) in [5, 5.41) is 2.82. The molecule has 5 nitrogen and oxygen atoms in total. The average molecular weight is 302 g/mol. The second-order valence-corrected chi connectivity index (χ2v) is 5.58. The molecular formula is C16H19FN4O. The summed E-state index contributed by atoms with van der Waals surface area (Å²) in [6.07, 6.45) is 3.61. The largest absolute Gasteiger partial charge is 0.354 e. The van der Waals surface area contributed by atoms with Gasteiger partial charge in [-0.15, -0.1) is 0 Å². The van der Waals surface area contributed by atoms with E-state index in [9.17, 15) is 9.18 Å². The molecule has 1 aromatic heterocycles. The SMILES string of the molecule is CC(c1ccc(F)cc1)n1cncc1CN1CCNC(=O)C1. The van der Waals surface area contributed by atoms with Crippen LogP contribution < -0.4 is 5.32 Å². The highest BCUT2D eigenvalue weighted by Gasteiger charge is 2.19. The average Bonchev–Trinajstić information content (AvgIpc) is 2.95. The Hall–Kier alpha value is -2.21. The van der Waals surface area contributed by atoms with Gasteiger partial charge in [-0.25, -0.2) is 9.37 Å². The first-order valence-electron chi connectivity index (χ1n) is 7.38. The van der Waals surface area contributed by atoms with Gasteiger partial charge in [0, 0.05) is 25.8 Å². The van der Waals surface area contributed by atoms with Crippen LogP contribution in [0.15, 0.2) is 36.8 Å². The molecule has 1 amide bonds. The van der Waals surface area contributed by atoms with Gasteiger partial charge in [0.15, 0.2) is 0 Å². The lowest BCUT2D eigenvalue weighted by atomic mass is 10.1. The Bertz CT molecular complexity index is 652. The van der Waals surface area contributed by atoms with E-state index in [0.717, 1.165) is 17.8 Å². The lowest BCUT2D eigenvalue weighted by Crippen LogP contribution is -2.47. The van der Waals surface area contributed by atoms with E-state index in [4.69, 9.17) is 0 Å². The van der Waals surface area contributed by atoms with Crippen molar-refractivity contribution in [3.63, 3.8) is 0 Å². The molecule has 1 N–H and O–H groups in total. The number of halogens is 1. The van der Waals surface area contributed by atoms with E-state index in [0.29, 0.717) is 19.6 Å². The van der Waals surface area contributed by atoms with E-state index in [-0.39, 0.29) is 17.8 Å². The Kier molecular flexibility index (Phi) is 4.20. The molecule has 2 heterocycles. The number of hydrogen-bond donors (Lipinski definition) is 1. The summed E-state index contributed by atoms with van der Waals surface area (Å²) in [7, 11) is 0. The highest BCUT2D eigenvalue weighted by molar-refractivity contribution is 5.78. The van der Waals surface area contributed by atoms with Crippen molar-refractivity contribution in [2.75, 3.05) is 19.6 Å². The molecule has 0 aliphatic carbocycles. The molecule has 1 aliphatic heterocycles. The molecule has 1 atom stereocenters. The summed E-state index contributed by atoms with van der Waals surface area (Å²) < 4.78 is 15.1. The summed E-state index contributed by atoms with van der Waals surface area (Å²) in [6, 6.07) is 6.59. The van der Waals surface area contributed by atoms with Crippen molar-refractivity contribution in [2.45, 2.75) is 19.5 Å². The maximum absolute atomic E-state index is 13.1. The summed E-state index contributed by atoms with van der Waals surface area (Å²) in [6.45, 7) is 4.67. The third-order valence-electron chi connectivity index (χ3n) is 4.02. The Morgan fingerprint density at radius 2 is 2.14 bits per heavy atom. The molecule has 116 valence electrons. The van der Waals surface area contributed by atoms with E-state index in [1.165, 1.54) is 12.1 Å². The first-order chi connectivity index (χ1) is 10.6. The van der Waals surface area contributed by atoms with Crippen molar-refractivity contribution in [1.82, 2.24) is 19.8 Å². The number of carbonyl (C=O) groups excluding carboxylic acids is 1. The number of amides is 1. The summed E-state index contributed by atoms with van der Waals surface area (Å²) >= 11 is 0. The number of aromatic nitrogens is 2. The predicted octanol–water partition coefficient (Wildman–Crippen LogP) is 1.56. The molecule has 0 spiro atoms. The minimum Gasteiger partial charge on any atom is -0.354 e. The summed E-state index contributed by atoms with van der Waals surface area (Å²) in [4.78, 5) is 17.8. The molecule has 1 fully saturated rings. The van der Waals surface area contributed by atoms with Crippen LogP contribution >= 0.6 is 0 Å². The highest BCUT2D eigenvalue weighted by atomic mass is 19.1. The number of imidazole rings is 1. The molecule has 0 radical (unpaired) electrons. The van der Waals surface area contributed by atoms with Gasteiger partial charge < -0.3 is 9.88 Å². The molecule has 3 rings (SSSR count). The number of hydrogen-bond acceptors (Lipinski definition) is 3. The van der Waals surface area contributed by atoms with Gasteiger partial charge in [-0.05, 0) is 24.6 Å². The molecule has 0 bridgehead atoms. The lowest BCUT2D eigenvalue weighted by Gasteiger charge is -2.27. The Labute approximate surface area is 128 Å². The van der Waals surface area contributed by atoms with Crippen LogP contribution in [-0.4, -0.2) is 40.0 Å². The van der Waals surface area contributed by atoms with Crippen LogP contribution in [-0.2, 0) is 11.3 Å². The molecule has 1 saturated heterocycles. The van der Waals surface area contributed by atoms with Crippen molar-refractivity contribution in [3.8, 4) is 0 Å². The fraction of sp³-hybridized carbons (Fsp3) is 0.375. The van der Waals surface area contributed by atoms with Gasteiger partial charge in [0.25, 0.3) is 0 Å². The van der Waals surface area contributed by atoms with Crippen molar-refractivity contribution >= 4 is 5.91 Å². The summed E-state index contributed by atoms with van der Waals surface area (Å²) in [5.41, 5.74) is 2.07. The third kappa shape index (κ3) is 3.17. The Balaban J connectivity index is 1.76. The first-order valence-corrected chi connectivity index (χ1v) is 7.38. The molecule has 1 unspecified atom stereocenters. The topological polar surface area (TPSA) is 50.2 Å². The number of rotatable bonds is 4. The Morgan fingerprint density at radius 1 is 1.36 bits per heavy atom. The summed E-state index contributed by atoms with van der Waals surface area (Å²) in [5.74, 6) is -0.176. The van der Waals surface area contributed by atoms with Crippen LogP contribution in [0.4, 0.5) is 4.39 Å². The van der Waals surface area contributed by atoms with Crippen LogP contribution in [0.3, 0.4) is 0 Å². The number of carbonyl (C=O) groups is 1. The van der Waals surface area contributed by atoms with Crippen molar-refractivity contribution in [1.29, 1.82) is 0 Å². The maximum Gasteiger partial charge on any atom is 0.234 e. The fourth-order valence-corrected chi connectivity index (χ4v) is 2.76. The van der Waals surface area contributed by atoms with Gasteiger partial charge in [-0.2, -0.15) is 0 Å². The molecule has 1 aromatic carbocycles. The standard InChI is InChI=1S/C16H19FN4O/c1-12(13-2-4-14(17)5-3-13)21-11-18-8-15(21)9-20-7-6-19-16(22)10-20/h2-5,8,11-12H,6-7,9-10H2,1H3,(H,19,22). The second kappa shape index (κ2) is 6.27. The predicted molar refractivity (Wildman–Crippen MR) is 80.7 cm³/mol. The zero-order valence-corrected chi connectivity index (χ0v) is 12.5. The van der Waals surface area contributed by atoms with E-state index < -0.39 is 0 Å². The monoisotopic (exact) mass is 302 g/mol. The number of nitrogens with zero attached hydrogens (tertiary/aromatic N) is 3. The number of benzene rings is 1. The van der Waals surface area contributed by atoms with Crippen LogP contribution in [0.25, 0.3) is 0 Å². The third-order valence-corrected chi connectivity index (χ3v) is 4.02. The normalized spacial score (nSPS) is 17.3. The van der Waals surface area contributed by atoms with Crippen molar-refractivity contribution in [2.24, 2.45) is 0 Å². The lowest BCUT2D eigenvalue weighted by molar-refractivity contribution is -0.124. The Morgan fingerprint density at radius 3 is 2.86 bits per heavy atom. The van der Waals surface area contributed by atoms with Gasteiger partial charge in [-0.1, -0.05) is 12.1 Å². The molecular weight excluding hydrogens is 283 g/mol. The van der Waals surface area contributed by atoms with Gasteiger partial charge in [0.1, 0.15) is 5.82 Å². The smallest absolute Gasteiger partial charge is 0.234 e. The van der Waals surface area contributed by atoms with Gasteiger partial charge in [0.05, 0.1) is 24.6 Å². The molecule has 2 aromatic rings. The minimum absolute atomic E-state index is 0.0592. The van der Waals surface area contributed by atoms with Crippen LogP contribution in [0.2, 0.25) is 0 Å². The van der Waals surface area contributed by atoms with E-state index in [2.05, 4.69) is 26.7 Å². The quantitative estimate of drug-likeness (QED) is 0.932. The van der Waals surface area contributed by atoms with Crippen molar-refractivity contribution < 1.29 is 9.18 Å². The van der Waals surface area contributed by atoms with Crippen molar-refractivity contribution in [3.05, 3.63) is 53.9 Å². The van der Waals surface area contributed by atoms with Gasteiger partial charge in [0.2, 0.25) is 5.91 Å². The van der Waals surface area contributed by atoms with Crippen LogP contribution in [0.1, 0.15) is 24.2 Å². The first kappa shape index (κ1) is 14.7. The van der Waals surface area contributed by atoms with Crippen LogP contribution in [0, 0.1) is 5.82 Å². The fourth-order valence-electron chi connectivity index (χ4n) is 2.76. The van der Waals surface area contributed by atoms with Gasteiger partial charge >= 0.3 is 0 Å². The zero-order valence-electron chi connectivity index (χ0n) is 12.5. The number of nitrogens with one attached hydrogen (secondary N) is 1. The van der Waals surface area contributed by atoms with E-state index in [1.807, 2.05) is 6.20 Å². The minimum atomic E-state index is -0.235. The van der Waals surface area contributed by atoms with E-state index >= 15 is 0 Å². The maximum atomic E-state index is 13.1. The van der Waals surface area contributed by atoms with E-state index in [1.54, 1.807) is 18.5 Å². The van der Waals surface area contributed by atoms with Gasteiger partial charge in [-0.3, -0.25) is 9.69 Å². The molecule has 22 heavy (non-hydrogen) atoms. The zero-order chi connectivity index (χ0) is 15.5. The molecule has 0 saturated carbocycles.